The number of phenols is 2. The highest BCUT2D eigenvalue weighted by Crippen LogP contribution is 2.55. The molecule has 6 atom stereocenters. The van der Waals surface area contributed by atoms with Gasteiger partial charge in [0.1, 0.15) is 69.8 Å². The summed E-state index contributed by atoms with van der Waals surface area (Å²) in [5, 5.41) is 104. The summed E-state index contributed by atoms with van der Waals surface area (Å²) in [5.41, 5.74) is 45.9. The summed E-state index contributed by atoms with van der Waals surface area (Å²) in [6.07, 6.45) is -4.85. The topological polar surface area (TPSA) is 409 Å². The lowest BCUT2D eigenvalue weighted by Gasteiger charge is -2.46. The second-order valence-electron chi connectivity index (χ2n) is 26.0. The van der Waals surface area contributed by atoms with E-state index in [0.717, 1.165) is 3.57 Å². The Morgan fingerprint density at radius 1 is 0.504 bits per heavy atom. The summed E-state index contributed by atoms with van der Waals surface area (Å²) >= 11 is 2.06. The van der Waals surface area contributed by atoms with Gasteiger partial charge in [0.15, 0.2) is 22.8 Å². The van der Waals surface area contributed by atoms with Crippen molar-refractivity contribution in [3.05, 3.63) is 236 Å². The van der Waals surface area contributed by atoms with E-state index in [-0.39, 0.29) is 72.3 Å². The number of hydrogen-bond acceptors (Lipinski definition) is 20. The van der Waals surface area contributed by atoms with Crippen LogP contribution < -0.4 is 26.4 Å². The van der Waals surface area contributed by atoms with Gasteiger partial charge in [-0.15, -0.1) is 0 Å². The van der Waals surface area contributed by atoms with E-state index in [2.05, 4.69) is 127 Å². The largest absolute Gasteiger partial charge is 0.508 e. The van der Waals surface area contributed by atoms with E-state index >= 15 is 0 Å². The molecule has 2 fully saturated rings. The Balaban J connectivity index is 0.000000270. The number of ether oxygens (including phenoxy) is 2. The van der Waals surface area contributed by atoms with Crippen LogP contribution in [0.5, 0.6) is 23.0 Å². The van der Waals surface area contributed by atoms with Gasteiger partial charge in [-0.1, -0.05) is 25.0 Å². The monoisotopic (exact) mass is 1620 g/mol. The summed E-state index contributed by atoms with van der Waals surface area (Å²) in [4.78, 5) is 96.7. The summed E-state index contributed by atoms with van der Waals surface area (Å²) in [7, 11) is 58.0. The number of aldehydes is 2. The summed E-state index contributed by atoms with van der Waals surface area (Å²) in [6.45, 7) is 6.59. The number of amides is 2. The lowest BCUT2D eigenvalue weighted by Crippen LogP contribution is -2.78. The molecule has 2 amide bonds. The predicted molar refractivity (Wildman–Crippen MR) is 459 cm³/mol. The normalized spacial score (nSPS) is 18.2. The molecule has 0 heterocycles. The van der Waals surface area contributed by atoms with Gasteiger partial charge in [-0.25, -0.2) is 0 Å². The zero-order valence-electron chi connectivity index (χ0n) is 61.0. The number of fused-ring (bicyclic) bond motifs is 6. The van der Waals surface area contributed by atoms with Crippen LogP contribution in [0, 0.1) is 27.2 Å². The number of aliphatic hydroxyl groups excluding tert-OH is 4. The first kappa shape index (κ1) is 94.8. The van der Waals surface area contributed by atoms with Crippen LogP contribution in [-0.2, 0) is 41.6 Å². The van der Waals surface area contributed by atoms with Gasteiger partial charge in [-0.3, -0.25) is 38.4 Å². The molecule has 2 saturated carbocycles. The fourth-order valence-corrected chi connectivity index (χ4v) is 14.9. The molecule has 0 bridgehead atoms. The minimum absolute atomic E-state index is 0. The number of nitrogens with two attached hydrogens (primary N) is 2. The Morgan fingerprint density at radius 3 is 1.20 bits per heavy atom. The number of rotatable bonds is 15. The van der Waals surface area contributed by atoms with Gasteiger partial charge >= 0.3 is 7.12 Å². The molecule has 10 rings (SSSR count). The molecule has 20 radical (unpaired) electrons. The smallest absolute Gasteiger partial charge is 0.492 e. The first-order valence-electron chi connectivity index (χ1n) is 33.9. The van der Waals surface area contributed by atoms with Crippen molar-refractivity contribution in [2.45, 2.75) is 57.2 Å². The molecule has 22 nitrogen and oxygen atoms in total. The lowest BCUT2D eigenvalue weighted by molar-refractivity contribution is -0.148. The van der Waals surface area contributed by atoms with Crippen LogP contribution >= 0.6 is 22.6 Å². The van der Waals surface area contributed by atoms with Gasteiger partial charge in [-0.2, -0.15) is 0 Å². The molecule has 6 aliphatic rings. The number of aliphatic hydroxyl groups is 6. The number of aromatic hydroxyl groups is 2. The predicted octanol–water partition coefficient (Wildman–Crippen LogP) is -0.806. The molecular formula is C73H56B19IN2O20. The molecule has 4 aromatic carbocycles. The molecule has 0 aromatic heterocycles. The SMILES string of the molecule is C.C=C=C=C=C=C=C=C=C=C=C=C=C=C=C=C=C=C.COc1ccc(C=O)cc1-c1ccc(O)c2c1C[C@H]1C[C@H]3CC(=O)C(C(N)=O)=C(O)[C@@]3(O)C(=O)C1=C2O.COc1ccc(C=O)cc1B(O)O.NC(=O)C1=C(O)[C@@]2(O)C(=O)C3=C(O)c4c(O)ccc(I)c4C[C@H]3C[C@H]2CC1=O.[B]B([B])B(B([B])[B])B(B([B])[B])B(B([B])[B])B([B])[B]. The highest BCUT2D eigenvalue weighted by Gasteiger charge is 2.62. The number of Topliss-reactive ketones (excluding diaryl/α,β-unsaturated/α-hetero) is 4. The Kier molecular flexibility index (Phi) is 34.6. The van der Waals surface area contributed by atoms with Crippen LogP contribution in [0.15, 0.2) is 199 Å². The second kappa shape index (κ2) is 42.0. The minimum atomic E-state index is -2.62. The van der Waals surface area contributed by atoms with E-state index in [1.807, 2.05) is 0 Å². The zero-order valence-corrected chi connectivity index (χ0v) is 63.1. The number of carbonyl (C=O) groups excluding carboxylic acids is 8. The maximum atomic E-state index is 13.6. The molecule has 0 unspecified atom stereocenters. The first-order valence-corrected chi connectivity index (χ1v) is 34.9. The number of hydrogen-bond donors (Lipinski definition) is 12. The third-order valence-corrected chi connectivity index (χ3v) is 20.3. The standard InChI is InChI=1S/C27H23NO9.C19H16INO7.C18H4.C8H9BO4.CH4.B18/c1-37-19-5-2-11(10-29)6-15(19)14-3-4-17(30)21-16(14)8-12-7-13-9-18(31)22(26(28)35)25(34)27(13,36)24(33)20(12)23(21)32;20-9-1-2-10(22)13-8(9)4-6-3-7-5-11(23)14(18(21)27)17(26)19(7,28)16(25)12(6)15(13)24;1-3-5-7-9-11-13-15-17-18-16-14-12-10-8-6-4-2;1-13-8-3-2-6(5-10)4-7(8)9(11)12;;1-11(2)16(12(3)4)18(15(9)10)17(13(5)6)14(7)8/h2-6,10,12-13,30,32,34,36H,7-9H2,1H3,(H2,28,35);1-2,6-7,22,24,26,28H,3-5H2,(H2,21,27);1-2H2;2-5,11-12H,1H3;1H4;/t12-,13+,27+;6-,7+,19+;;;;/m11..../s1. The maximum absolute atomic E-state index is 13.6. The molecule has 542 valence electrons. The van der Waals surface area contributed by atoms with E-state index in [9.17, 15) is 79.2 Å². The lowest BCUT2D eigenvalue weighted by atomic mass is 8.41. The molecule has 6 aliphatic carbocycles. The van der Waals surface area contributed by atoms with Crippen molar-refractivity contribution in [1.29, 1.82) is 0 Å². The molecule has 115 heavy (non-hydrogen) atoms. The number of phenolic OH excluding ortho intramolecular Hbond substituents is 2. The molecule has 0 saturated heterocycles. The van der Waals surface area contributed by atoms with Gasteiger partial charge in [0.05, 0.1) is 25.3 Å². The van der Waals surface area contributed by atoms with Gasteiger partial charge in [0, 0.05) is 190 Å². The number of methoxy groups -OCH3 is 2. The van der Waals surface area contributed by atoms with Crippen LogP contribution in [0.4, 0.5) is 0 Å². The third kappa shape index (κ3) is 21.0. The van der Waals surface area contributed by atoms with E-state index in [1.54, 1.807) is 30.3 Å². The van der Waals surface area contributed by atoms with Crippen molar-refractivity contribution >= 4 is 223 Å². The Bertz CT molecular complexity index is 5320. The average molecular weight is 1610 g/mol. The number of ketones is 4. The highest BCUT2D eigenvalue weighted by atomic mass is 127. The molecule has 14 N–H and O–H groups in total. The van der Waals surface area contributed by atoms with Crippen molar-refractivity contribution in [1.82, 2.24) is 0 Å². The Hall–Kier alpha value is -10.8. The number of halogens is 1. The van der Waals surface area contributed by atoms with Crippen molar-refractivity contribution in [3.63, 3.8) is 0 Å². The summed E-state index contributed by atoms with van der Waals surface area (Å²) < 4.78 is 11.1. The third-order valence-electron chi connectivity index (χ3n) is 19.3. The van der Waals surface area contributed by atoms with Crippen molar-refractivity contribution < 1.29 is 98.7 Å². The highest BCUT2D eigenvalue weighted by molar-refractivity contribution is 14.1. The quantitative estimate of drug-likeness (QED) is 0.0228. The molecule has 4 aromatic rings. The second-order valence-corrected chi connectivity index (χ2v) is 27.2. The molecule has 42 heteroatoms. The van der Waals surface area contributed by atoms with E-state index in [1.165, 1.54) is 44.6 Å². The fourth-order valence-electron chi connectivity index (χ4n) is 14.3. The van der Waals surface area contributed by atoms with Crippen LogP contribution in [0.2, 0.25) is 0 Å². The van der Waals surface area contributed by atoms with Gasteiger partial charge < -0.3 is 71.8 Å². The zero-order chi connectivity index (χ0) is 85.1. The van der Waals surface area contributed by atoms with Crippen LogP contribution in [-0.4, -0.2) is 259 Å². The molecular weight excluding hydrogens is 1560 g/mol. The fraction of sp³-hybridized carbons (Fsp3) is 0.205. The van der Waals surface area contributed by atoms with E-state index in [4.69, 9.17) is 108 Å². The van der Waals surface area contributed by atoms with E-state index < -0.39 is 169 Å². The number of primary amides is 2. The Labute approximate surface area is 693 Å². The van der Waals surface area contributed by atoms with Gasteiger partial charge in [-0.05, 0) is 225 Å². The minimum Gasteiger partial charge on any atom is -0.508 e. The van der Waals surface area contributed by atoms with Crippen molar-refractivity contribution in [3.8, 4) is 34.1 Å². The van der Waals surface area contributed by atoms with E-state index in [0.29, 0.717) is 63.9 Å². The number of carbonyl (C=O) groups is 8. The van der Waals surface area contributed by atoms with Gasteiger partial charge in [0.25, 0.3) is 11.8 Å². The summed E-state index contributed by atoms with van der Waals surface area (Å²) in [5.74, 6) is -12.3. The average Bonchev–Trinajstić information content (AvgIpc) is 0.714. The number of benzene rings is 4. The van der Waals surface area contributed by atoms with Crippen LogP contribution in [0.25, 0.3) is 22.6 Å². The molecule has 0 spiro atoms. The maximum Gasteiger partial charge on any atom is 0.492 e. The summed E-state index contributed by atoms with van der Waals surface area (Å²) in [6, 6.07) is 15.2. The Morgan fingerprint density at radius 2 is 0.852 bits per heavy atom. The first-order chi connectivity index (χ1) is 53.8. The van der Waals surface area contributed by atoms with Gasteiger partial charge in [0.2, 0.25) is 11.6 Å². The molecule has 0 aliphatic heterocycles. The van der Waals surface area contributed by atoms with Crippen molar-refractivity contribution in [2.75, 3.05) is 14.2 Å². The van der Waals surface area contributed by atoms with Crippen LogP contribution in [0.1, 0.15) is 76.1 Å². The van der Waals surface area contributed by atoms with Crippen molar-refractivity contribution in [2.24, 2.45) is 35.1 Å². The van der Waals surface area contributed by atoms with Crippen LogP contribution in [0.3, 0.4) is 0 Å².